The summed E-state index contributed by atoms with van der Waals surface area (Å²) in [6.07, 6.45) is -9.11. The number of nitrogens with zero attached hydrogens (tertiary/aromatic N) is 1. The number of carbonyl (C=O) groups is 2. The summed E-state index contributed by atoms with van der Waals surface area (Å²) < 4.78 is 37.4. The molecule has 1 unspecified atom stereocenters. The molecule has 0 saturated carbocycles. The van der Waals surface area contributed by atoms with Gasteiger partial charge in [-0.15, -0.1) is 0 Å². The van der Waals surface area contributed by atoms with Gasteiger partial charge in [-0.05, 0) is 81.3 Å². The molecule has 0 aliphatic carbocycles. The van der Waals surface area contributed by atoms with E-state index in [0.29, 0.717) is 6.42 Å². The van der Waals surface area contributed by atoms with Crippen LogP contribution < -0.4 is 0 Å². The number of esters is 1. The van der Waals surface area contributed by atoms with Crippen LogP contribution in [0.1, 0.15) is 101 Å². The molecule has 0 aromatic carbocycles. The van der Waals surface area contributed by atoms with E-state index in [1.807, 2.05) is 25.9 Å². The zero-order valence-corrected chi connectivity index (χ0v) is 33.0. The molecule has 3 aliphatic heterocycles. The molecule has 298 valence electrons. The van der Waals surface area contributed by atoms with Crippen molar-refractivity contribution in [3.63, 3.8) is 0 Å². The first kappa shape index (κ1) is 44.1. The first-order chi connectivity index (χ1) is 23.3. The molecule has 0 amide bonds. The highest BCUT2D eigenvalue weighted by molar-refractivity contribution is 5.83. The van der Waals surface area contributed by atoms with E-state index in [9.17, 15) is 35.1 Å². The summed E-state index contributed by atoms with van der Waals surface area (Å²) in [5.41, 5.74) is -6.54. The fraction of sp³-hybridized carbons (Fsp3) is 0.946. The van der Waals surface area contributed by atoms with E-state index in [2.05, 4.69) is 0 Å². The number of methoxy groups -OCH3 is 1. The van der Waals surface area contributed by atoms with Crippen molar-refractivity contribution in [2.45, 2.75) is 185 Å². The van der Waals surface area contributed by atoms with Crippen LogP contribution in [0.25, 0.3) is 0 Å². The number of Topliss-reactive ketones (excluding diaryl/α,β-unsaturated/α-hetero) is 1. The number of hydrogen-bond donors (Lipinski definition) is 5. The Morgan fingerprint density at radius 2 is 1.47 bits per heavy atom. The van der Waals surface area contributed by atoms with Crippen LogP contribution in [0.3, 0.4) is 0 Å². The second kappa shape index (κ2) is 16.6. The van der Waals surface area contributed by atoms with E-state index in [-0.39, 0.29) is 37.8 Å². The highest BCUT2D eigenvalue weighted by Gasteiger charge is 2.56. The number of hydrogen-bond acceptors (Lipinski definition) is 14. The van der Waals surface area contributed by atoms with Crippen molar-refractivity contribution in [3.8, 4) is 0 Å². The first-order valence-corrected chi connectivity index (χ1v) is 18.4. The summed E-state index contributed by atoms with van der Waals surface area (Å²) in [6, 6.07) is -0.351. The molecule has 3 fully saturated rings. The van der Waals surface area contributed by atoms with E-state index in [1.54, 1.807) is 41.5 Å². The van der Waals surface area contributed by atoms with E-state index in [1.165, 1.54) is 27.9 Å². The van der Waals surface area contributed by atoms with Crippen molar-refractivity contribution in [2.75, 3.05) is 21.2 Å². The van der Waals surface area contributed by atoms with Gasteiger partial charge >= 0.3 is 5.97 Å². The molecule has 3 rings (SSSR count). The Hall–Kier alpha value is -1.30. The Bertz CT molecular complexity index is 1180. The smallest absolute Gasteiger partial charge is 0.309 e. The summed E-state index contributed by atoms with van der Waals surface area (Å²) >= 11 is 0. The lowest BCUT2D eigenvalue weighted by Gasteiger charge is -2.52. The largest absolute Gasteiger partial charge is 0.459 e. The lowest BCUT2D eigenvalue weighted by atomic mass is 9.73. The Morgan fingerprint density at radius 3 is 2.02 bits per heavy atom. The predicted octanol–water partition coefficient (Wildman–Crippen LogP) is 1.93. The third-order valence-electron chi connectivity index (χ3n) is 11.7. The quantitative estimate of drug-likeness (QED) is 0.238. The van der Waals surface area contributed by atoms with Gasteiger partial charge in [-0.2, -0.15) is 0 Å². The highest BCUT2D eigenvalue weighted by Crippen LogP contribution is 2.43. The highest BCUT2D eigenvalue weighted by atomic mass is 16.7. The minimum absolute atomic E-state index is 0.0750. The third kappa shape index (κ3) is 9.51. The Morgan fingerprint density at radius 1 is 0.863 bits per heavy atom. The number of cyclic esters (lactones) is 1. The van der Waals surface area contributed by atoms with Crippen molar-refractivity contribution in [3.05, 3.63) is 0 Å². The zero-order valence-electron chi connectivity index (χ0n) is 33.0. The lowest BCUT2D eigenvalue weighted by Crippen LogP contribution is -2.65. The van der Waals surface area contributed by atoms with Gasteiger partial charge in [0, 0.05) is 31.4 Å². The van der Waals surface area contributed by atoms with Crippen LogP contribution in [-0.4, -0.2) is 147 Å². The number of rotatable bonds is 7. The van der Waals surface area contributed by atoms with Gasteiger partial charge in [0.05, 0.1) is 41.0 Å². The monoisotopic (exact) mass is 733 g/mol. The molecule has 0 spiro atoms. The number of carbonyl (C=O) groups excluding carboxylic acids is 2. The third-order valence-corrected chi connectivity index (χ3v) is 11.7. The average Bonchev–Trinajstić information content (AvgIpc) is 3.03. The summed E-state index contributed by atoms with van der Waals surface area (Å²) in [4.78, 5) is 29.6. The van der Waals surface area contributed by atoms with Gasteiger partial charge in [-0.1, -0.05) is 27.7 Å². The number of ether oxygens (including phenoxy) is 6. The molecule has 51 heavy (non-hydrogen) atoms. The average molecular weight is 734 g/mol. The molecule has 0 bridgehead atoms. The van der Waals surface area contributed by atoms with Gasteiger partial charge < -0.3 is 58.9 Å². The molecular weight excluding hydrogens is 666 g/mol. The minimum atomic E-state index is -1.97. The van der Waals surface area contributed by atoms with Crippen molar-refractivity contribution in [2.24, 2.45) is 17.8 Å². The van der Waals surface area contributed by atoms with Crippen LogP contribution >= 0.6 is 0 Å². The van der Waals surface area contributed by atoms with Crippen LogP contribution in [0.5, 0.6) is 0 Å². The summed E-state index contributed by atoms with van der Waals surface area (Å²) in [6.45, 7) is 16.2. The Kier molecular flexibility index (Phi) is 14.4. The summed E-state index contributed by atoms with van der Waals surface area (Å²) in [5, 5.41) is 57.8. The predicted molar refractivity (Wildman–Crippen MR) is 186 cm³/mol. The van der Waals surface area contributed by atoms with Crippen LogP contribution in [-0.2, 0) is 38.0 Å². The van der Waals surface area contributed by atoms with Gasteiger partial charge in [-0.3, -0.25) is 9.59 Å². The maximum atomic E-state index is 13.9. The van der Waals surface area contributed by atoms with E-state index >= 15 is 0 Å². The number of aliphatic hydroxyl groups excluding tert-OH is 3. The van der Waals surface area contributed by atoms with Crippen LogP contribution in [0.15, 0.2) is 0 Å². The molecule has 0 aromatic rings. The van der Waals surface area contributed by atoms with Crippen molar-refractivity contribution in [1.29, 1.82) is 0 Å². The van der Waals surface area contributed by atoms with Crippen molar-refractivity contribution >= 4 is 11.8 Å². The van der Waals surface area contributed by atoms with Gasteiger partial charge in [0.1, 0.15) is 35.8 Å². The lowest BCUT2D eigenvalue weighted by molar-refractivity contribution is -0.353. The summed E-state index contributed by atoms with van der Waals surface area (Å²) in [7, 11) is 5.16. The van der Waals surface area contributed by atoms with E-state index < -0.39 is 101 Å². The molecule has 17 atom stereocenters. The van der Waals surface area contributed by atoms with Crippen LogP contribution in [0, 0.1) is 17.8 Å². The molecule has 0 radical (unpaired) electrons. The maximum Gasteiger partial charge on any atom is 0.309 e. The topological polar surface area (TPSA) is 194 Å². The van der Waals surface area contributed by atoms with Crippen molar-refractivity contribution < 1.29 is 63.5 Å². The minimum Gasteiger partial charge on any atom is -0.459 e. The van der Waals surface area contributed by atoms with Gasteiger partial charge in [0.15, 0.2) is 12.6 Å². The van der Waals surface area contributed by atoms with E-state index in [0.717, 1.165) is 0 Å². The van der Waals surface area contributed by atoms with Crippen LogP contribution in [0.4, 0.5) is 0 Å². The van der Waals surface area contributed by atoms with Crippen molar-refractivity contribution in [1.82, 2.24) is 4.90 Å². The molecule has 3 heterocycles. The zero-order chi connectivity index (χ0) is 39.0. The number of aliphatic hydroxyl groups is 5. The second-order valence-electron chi connectivity index (χ2n) is 16.7. The normalized spacial score (nSPS) is 49.7. The molecule has 3 saturated heterocycles. The molecule has 14 nitrogen and oxygen atoms in total. The standard InChI is InChI=1S/C37H67NO13/c1-14-25-37(10,45)29(41)22(5)27(39)19(2)16-34(7,44)33(50-32-28(40)24(38(11)12)15-21(4)47-32)36(9,17-20(3)31(43)49-25)51-26-18-35(8,46-13)30(42)23(6)48-26/h19-26,28-30,32-33,40-42,44-45H,14-18H2,1-13H3/t19-,20?,21-,22+,23+,24+,25-,26+,28-,29-,30+,32+,33+,34-,35-,36+,37-/m1/s1. The Labute approximate surface area is 304 Å². The van der Waals surface area contributed by atoms with Gasteiger partial charge in [0.25, 0.3) is 0 Å². The fourth-order valence-corrected chi connectivity index (χ4v) is 8.53. The second-order valence-corrected chi connectivity index (χ2v) is 16.7. The van der Waals surface area contributed by atoms with Gasteiger partial charge in [0.2, 0.25) is 0 Å². The molecule has 3 aliphatic rings. The number of ketones is 1. The number of likely N-dealkylation sites (N-methyl/N-ethyl adjacent to an activating group) is 1. The summed E-state index contributed by atoms with van der Waals surface area (Å²) in [5.74, 6) is -4.02. The molecule has 0 aromatic heterocycles. The molecular formula is C37H67NO13. The fourth-order valence-electron chi connectivity index (χ4n) is 8.53. The first-order valence-electron chi connectivity index (χ1n) is 18.4. The van der Waals surface area contributed by atoms with Gasteiger partial charge in [-0.25, -0.2) is 0 Å². The van der Waals surface area contributed by atoms with Crippen LogP contribution in [0.2, 0.25) is 0 Å². The molecule has 5 N–H and O–H groups in total. The Balaban J connectivity index is 2.22. The van der Waals surface area contributed by atoms with E-state index in [4.69, 9.17) is 28.4 Å². The molecule has 14 heteroatoms. The maximum absolute atomic E-state index is 13.9. The SMILES string of the molecule is CC[C@H]1OC(=O)C(C)C[C@](C)(O[C@H]2C[C@@](C)(OC)[C@@H](O)[C@H](C)O2)[C@@H](O[C@@H]2O[C@H](C)C[C@H](N(C)C)[C@H]2O)[C@](C)(O)C[C@@H](C)C(=O)[C@H](C)[C@@H](O)[C@]1(C)O.